The van der Waals surface area contributed by atoms with Crippen LogP contribution >= 0.6 is 23.5 Å². The van der Waals surface area contributed by atoms with Crippen molar-refractivity contribution in [2.75, 3.05) is 18.1 Å². The average Bonchev–Trinajstić information content (AvgIpc) is 2.75. The molecule has 4 heteroatoms. The quantitative estimate of drug-likeness (QED) is 0.422. The van der Waals surface area contributed by atoms with Gasteiger partial charge in [0.15, 0.2) is 0 Å². The van der Waals surface area contributed by atoms with Crippen LogP contribution in [-0.2, 0) is 4.43 Å². The van der Waals surface area contributed by atoms with Crippen molar-refractivity contribution in [3.05, 3.63) is 60.7 Å². The molecule has 0 radical (unpaired) electrons. The zero-order valence-electron chi connectivity index (χ0n) is 19.3. The predicted octanol–water partition coefficient (Wildman–Crippen LogP) is 6.42. The maximum Gasteiger partial charge on any atom is 0.261 e. The van der Waals surface area contributed by atoms with Gasteiger partial charge < -0.3 is 4.43 Å². The zero-order valence-corrected chi connectivity index (χ0v) is 21.9. The fourth-order valence-corrected chi connectivity index (χ4v) is 12.5. The molecular formula is C26H38OS2Si. The van der Waals surface area contributed by atoms with E-state index in [9.17, 15) is 0 Å². The number of hydrogen-bond donors (Lipinski definition) is 0. The Balaban J connectivity index is 1.82. The van der Waals surface area contributed by atoms with Gasteiger partial charge in [-0.15, -0.1) is 23.5 Å². The molecule has 164 valence electrons. The normalized spacial score (nSPS) is 18.2. The first-order valence-electron chi connectivity index (χ1n) is 11.3. The molecular weight excluding hydrogens is 421 g/mol. The highest BCUT2D eigenvalue weighted by atomic mass is 32.2. The summed E-state index contributed by atoms with van der Waals surface area (Å²) >= 11 is 4.33. The van der Waals surface area contributed by atoms with Gasteiger partial charge in [-0.05, 0) is 51.6 Å². The standard InChI is InChI=1S/C26H38OS2Si/c1-21(19-22(2)25-28-17-12-18-29-25)20-27-30(26(3,4)5,23-13-8-6-9-14-23)24-15-10-7-11-16-24/h6-11,13-16,21-22,25H,12,17-20H2,1-5H3/t21-,22+/m0/s1. The van der Waals surface area contributed by atoms with Crippen molar-refractivity contribution in [2.45, 2.75) is 57.1 Å². The van der Waals surface area contributed by atoms with Crippen LogP contribution < -0.4 is 10.4 Å². The molecule has 30 heavy (non-hydrogen) atoms. The van der Waals surface area contributed by atoms with Crippen LogP contribution in [0, 0.1) is 11.8 Å². The second-order valence-corrected chi connectivity index (χ2v) is 16.9. The Morgan fingerprint density at radius 2 is 1.40 bits per heavy atom. The van der Waals surface area contributed by atoms with Gasteiger partial charge in [0, 0.05) is 6.61 Å². The minimum atomic E-state index is -2.41. The Kier molecular flexibility index (Phi) is 8.60. The summed E-state index contributed by atoms with van der Waals surface area (Å²) in [6, 6.07) is 22.0. The van der Waals surface area contributed by atoms with Crippen LogP contribution in [0.25, 0.3) is 0 Å². The SMILES string of the molecule is C[C@H](CO[Si](c1ccccc1)(c1ccccc1)C(C)(C)C)C[C@@H](C)C1SCCCS1. The van der Waals surface area contributed by atoms with E-state index in [0.717, 1.165) is 17.1 Å². The van der Waals surface area contributed by atoms with Gasteiger partial charge in [0.1, 0.15) is 0 Å². The summed E-state index contributed by atoms with van der Waals surface area (Å²) in [6.45, 7) is 12.7. The minimum absolute atomic E-state index is 0.0517. The van der Waals surface area contributed by atoms with Crippen LogP contribution in [0.3, 0.4) is 0 Å². The molecule has 0 spiro atoms. The van der Waals surface area contributed by atoms with E-state index in [-0.39, 0.29) is 5.04 Å². The lowest BCUT2D eigenvalue weighted by Gasteiger charge is -2.43. The minimum Gasteiger partial charge on any atom is -0.407 e. The average molecular weight is 459 g/mol. The van der Waals surface area contributed by atoms with Gasteiger partial charge >= 0.3 is 0 Å². The highest BCUT2D eigenvalue weighted by Gasteiger charge is 2.50. The largest absolute Gasteiger partial charge is 0.407 e. The molecule has 2 atom stereocenters. The lowest BCUT2D eigenvalue weighted by Crippen LogP contribution is -2.66. The molecule has 2 aromatic carbocycles. The lowest BCUT2D eigenvalue weighted by atomic mass is 9.99. The first-order valence-corrected chi connectivity index (χ1v) is 15.3. The third kappa shape index (κ3) is 5.56. The molecule has 0 bridgehead atoms. The molecule has 1 aliphatic heterocycles. The number of hydrogen-bond acceptors (Lipinski definition) is 3. The monoisotopic (exact) mass is 458 g/mol. The Hall–Kier alpha value is -0.683. The Morgan fingerprint density at radius 3 is 1.87 bits per heavy atom. The van der Waals surface area contributed by atoms with Crippen molar-refractivity contribution in [1.29, 1.82) is 0 Å². The summed E-state index contributed by atoms with van der Waals surface area (Å²) in [5, 5.41) is 2.81. The number of benzene rings is 2. The van der Waals surface area contributed by atoms with Gasteiger partial charge in [-0.25, -0.2) is 0 Å². The van der Waals surface area contributed by atoms with Gasteiger partial charge in [-0.2, -0.15) is 0 Å². The highest BCUT2D eigenvalue weighted by molar-refractivity contribution is 8.17. The number of rotatable bonds is 8. The van der Waals surface area contributed by atoms with Gasteiger partial charge in [0.25, 0.3) is 8.32 Å². The Labute approximate surface area is 193 Å². The second-order valence-electron chi connectivity index (χ2n) is 9.76. The Morgan fingerprint density at radius 1 is 0.900 bits per heavy atom. The van der Waals surface area contributed by atoms with E-state index in [1.807, 2.05) is 0 Å². The van der Waals surface area contributed by atoms with E-state index in [1.165, 1.54) is 34.7 Å². The first kappa shape index (κ1) is 24.0. The van der Waals surface area contributed by atoms with Gasteiger partial charge in [0.05, 0.1) is 4.58 Å². The summed E-state index contributed by atoms with van der Waals surface area (Å²) in [7, 11) is -2.41. The van der Waals surface area contributed by atoms with Crippen molar-refractivity contribution in [3.63, 3.8) is 0 Å². The van der Waals surface area contributed by atoms with Crippen LogP contribution in [0.5, 0.6) is 0 Å². The molecule has 0 saturated carbocycles. The summed E-state index contributed by atoms with van der Waals surface area (Å²) in [5.41, 5.74) is 0. The molecule has 0 amide bonds. The molecule has 3 rings (SSSR count). The van der Waals surface area contributed by atoms with E-state index in [0.29, 0.717) is 5.92 Å². The van der Waals surface area contributed by atoms with Crippen molar-refractivity contribution in [3.8, 4) is 0 Å². The van der Waals surface area contributed by atoms with E-state index >= 15 is 0 Å². The maximum absolute atomic E-state index is 7.14. The molecule has 1 heterocycles. The summed E-state index contributed by atoms with van der Waals surface area (Å²) in [5.74, 6) is 3.95. The smallest absolute Gasteiger partial charge is 0.261 e. The van der Waals surface area contributed by atoms with Gasteiger partial charge in [-0.3, -0.25) is 0 Å². The number of thioether (sulfide) groups is 2. The molecule has 1 aliphatic rings. The Bertz CT molecular complexity index is 714. The van der Waals surface area contributed by atoms with Crippen LogP contribution in [0.2, 0.25) is 5.04 Å². The van der Waals surface area contributed by atoms with Crippen LogP contribution in [0.1, 0.15) is 47.5 Å². The third-order valence-electron chi connectivity index (χ3n) is 6.09. The molecule has 1 nitrogen and oxygen atoms in total. The van der Waals surface area contributed by atoms with Crippen molar-refractivity contribution in [1.82, 2.24) is 0 Å². The fourth-order valence-electron chi connectivity index (χ4n) is 4.68. The van der Waals surface area contributed by atoms with Crippen LogP contribution in [0.4, 0.5) is 0 Å². The second kappa shape index (κ2) is 10.8. The lowest BCUT2D eigenvalue weighted by molar-refractivity contribution is 0.226. The molecule has 0 aliphatic carbocycles. The van der Waals surface area contributed by atoms with Crippen LogP contribution in [-0.4, -0.2) is 31.0 Å². The van der Waals surface area contributed by atoms with E-state index < -0.39 is 8.32 Å². The van der Waals surface area contributed by atoms with Gasteiger partial charge in [-0.1, -0.05) is 95.3 Å². The predicted molar refractivity (Wildman–Crippen MR) is 140 cm³/mol. The molecule has 0 aromatic heterocycles. The zero-order chi connectivity index (χ0) is 21.6. The van der Waals surface area contributed by atoms with Crippen molar-refractivity contribution >= 4 is 42.2 Å². The first-order chi connectivity index (χ1) is 14.3. The molecule has 0 N–H and O–H groups in total. The maximum atomic E-state index is 7.14. The topological polar surface area (TPSA) is 9.23 Å². The molecule has 1 fully saturated rings. The van der Waals surface area contributed by atoms with E-state index in [2.05, 4.69) is 119 Å². The highest BCUT2D eigenvalue weighted by Crippen LogP contribution is 2.39. The van der Waals surface area contributed by atoms with Crippen molar-refractivity contribution in [2.24, 2.45) is 11.8 Å². The molecule has 2 aromatic rings. The van der Waals surface area contributed by atoms with E-state index in [1.54, 1.807) is 0 Å². The third-order valence-corrected chi connectivity index (χ3v) is 14.5. The molecule has 0 unspecified atom stereocenters. The summed E-state index contributed by atoms with van der Waals surface area (Å²) < 4.78 is 7.90. The van der Waals surface area contributed by atoms with Gasteiger partial charge in [0.2, 0.25) is 0 Å². The fraction of sp³-hybridized carbons (Fsp3) is 0.538. The molecule has 1 saturated heterocycles. The summed E-state index contributed by atoms with van der Waals surface area (Å²) in [6.07, 6.45) is 2.61. The summed E-state index contributed by atoms with van der Waals surface area (Å²) in [4.78, 5) is 0. The van der Waals surface area contributed by atoms with E-state index in [4.69, 9.17) is 4.43 Å². The van der Waals surface area contributed by atoms with Crippen molar-refractivity contribution < 1.29 is 4.43 Å². The van der Waals surface area contributed by atoms with Crippen LogP contribution in [0.15, 0.2) is 60.7 Å².